The first-order valence-corrected chi connectivity index (χ1v) is 9.30. The Hall–Kier alpha value is -3.74. The molecule has 7 heteroatoms. The minimum absolute atomic E-state index is 0.0564. The number of hydrogen-bond acceptors (Lipinski definition) is 6. The van der Waals surface area contributed by atoms with Crippen molar-refractivity contribution in [2.75, 3.05) is 21.3 Å². The molecule has 0 aliphatic heterocycles. The minimum Gasteiger partial charge on any atom is -0.493 e. The van der Waals surface area contributed by atoms with E-state index in [1.807, 2.05) is 18.2 Å². The smallest absolute Gasteiger partial charge is 0.335 e. The molecule has 0 fully saturated rings. The van der Waals surface area contributed by atoms with Crippen molar-refractivity contribution in [1.29, 1.82) is 0 Å². The Morgan fingerprint density at radius 3 is 2.33 bits per heavy atom. The molecule has 7 nitrogen and oxygen atoms in total. The van der Waals surface area contributed by atoms with Crippen LogP contribution >= 0.6 is 0 Å². The molecule has 0 amide bonds. The molecule has 1 aromatic heterocycles. The first kappa shape index (κ1) is 19.6. The van der Waals surface area contributed by atoms with Crippen molar-refractivity contribution in [3.05, 3.63) is 63.0 Å². The molecular weight excluding hydrogens is 388 g/mol. The number of aromatic carboxylic acids is 1. The van der Waals surface area contributed by atoms with Gasteiger partial charge in [-0.1, -0.05) is 0 Å². The third kappa shape index (κ3) is 3.18. The quantitative estimate of drug-likeness (QED) is 0.682. The lowest BCUT2D eigenvalue weighted by Crippen LogP contribution is -2.09. The first-order valence-electron chi connectivity index (χ1n) is 9.30. The third-order valence-corrected chi connectivity index (χ3v) is 5.20. The van der Waals surface area contributed by atoms with E-state index in [9.17, 15) is 14.7 Å². The van der Waals surface area contributed by atoms with Crippen LogP contribution in [0.4, 0.5) is 0 Å². The van der Waals surface area contributed by atoms with E-state index in [0.717, 1.165) is 11.1 Å². The Bertz CT molecular complexity index is 1230. The summed E-state index contributed by atoms with van der Waals surface area (Å²) in [4.78, 5) is 24.2. The van der Waals surface area contributed by atoms with Gasteiger partial charge in [-0.3, -0.25) is 4.79 Å². The van der Waals surface area contributed by atoms with Gasteiger partial charge in [-0.05, 0) is 60.4 Å². The van der Waals surface area contributed by atoms with Gasteiger partial charge in [0.1, 0.15) is 11.3 Å². The van der Waals surface area contributed by atoms with Gasteiger partial charge in [0.15, 0.2) is 16.9 Å². The maximum atomic E-state index is 12.9. The van der Waals surface area contributed by atoms with Gasteiger partial charge in [-0.15, -0.1) is 0 Å². The second-order valence-electron chi connectivity index (χ2n) is 6.88. The van der Waals surface area contributed by atoms with Crippen LogP contribution in [0.1, 0.15) is 33.7 Å². The number of benzene rings is 2. The Balaban J connectivity index is 1.84. The standard InChI is InChI=1S/C23H20O7/c1-27-18-9-12(10-19(28-2)22(18)29-3)8-13-4-6-15-20(24)16-11-14(23(25)26)5-7-17(16)30-21(13)15/h5,7-11H,4,6H2,1-3H3,(H,25,26). The monoisotopic (exact) mass is 408 g/mol. The van der Waals surface area contributed by atoms with E-state index in [-0.39, 0.29) is 16.4 Å². The summed E-state index contributed by atoms with van der Waals surface area (Å²) in [5.41, 5.74) is 2.48. The van der Waals surface area contributed by atoms with Gasteiger partial charge >= 0.3 is 5.97 Å². The molecule has 0 saturated heterocycles. The summed E-state index contributed by atoms with van der Waals surface area (Å²) in [7, 11) is 4.65. The highest BCUT2D eigenvalue weighted by Crippen LogP contribution is 2.40. The van der Waals surface area contributed by atoms with E-state index in [0.29, 0.717) is 47.0 Å². The van der Waals surface area contributed by atoms with E-state index < -0.39 is 5.97 Å². The number of methoxy groups -OCH3 is 3. The van der Waals surface area contributed by atoms with Gasteiger partial charge in [-0.2, -0.15) is 0 Å². The Morgan fingerprint density at radius 1 is 1.03 bits per heavy atom. The molecule has 4 rings (SSSR count). The van der Waals surface area contributed by atoms with E-state index >= 15 is 0 Å². The topological polar surface area (TPSA) is 95.2 Å². The summed E-state index contributed by atoms with van der Waals surface area (Å²) in [6.45, 7) is 0. The highest BCUT2D eigenvalue weighted by molar-refractivity contribution is 5.94. The number of carboxylic acid groups (broad SMARTS) is 1. The van der Waals surface area contributed by atoms with Gasteiger partial charge < -0.3 is 23.7 Å². The Kier molecular flexibility index (Phi) is 4.95. The number of allylic oxidation sites excluding steroid dienone is 1. The van der Waals surface area contributed by atoms with E-state index in [1.165, 1.54) is 18.2 Å². The number of carboxylic acids is 1. The highest BCUT2D eigenvalue weighted by Gasteiger charge is 2.25. The van der Waals surface area contributed by atoms with Crippen LogP contribution in [0.3, 0.4) is 0 Å². The summed E-state index contributed by atoms with van der Waals surface area (Å²) in [5.74, 6) is 1.01. The lowest BCUT2D eigenvalue weighted by atomic mass is 10.1. The van der Waals surface area contributed by atoms with Crippen LogP contribution in [0.15, 0.2) is 39.5 Å². The van der Waals surface area contributed by atoms with Crippen molar-refractivity contribution >= 4 is 28.6 Å². The van der Waals surface area contributed by atoms with E-state index in [4.69, 9.17) is 18.6 Å². The molecule has 1 N–H and O–H groups in total. The maximum Gasteiger partial charge on any atom is 0.335 e. The highest BCUT2D eigenvalue weighted by atomic mass is 16.5. The van der Waals surface area contributed by atoms with Crippen LogP contribution in [0, 0.1) is 0 Å². The van der Waals surface area contributed by atoms with Crippen molar-refractivity contribution in [3.8, 4) is 17.2 Å². The van der Waals surface area contributed by atoms with Gasteiger partial charge in [0.25, 0.3) is 0 Å². The molecule has 0 bridgehead atoms. The number of fused-ring (bicyclic) bond motifs is 2. The second kappa shape index (κ2) is 7.59. The molecule has 0 atom stereocenters. The predicted octanol–water partition coefficient (Wildman–Crippen LogP) is 4.00. The molecule has 154 valence electrons. The number of rotatable bonds is 5. The van der Waals surface area contributed by atoms with E-state index in [2.05, 4.69) is 0 Å². The number of hydrogen-bond donors (Lipinski definition) is 1. The van der Waals surface area contributed by atoms with Crippen LogP contribution in [0.2, 0.25) is 0 Å². The maximum absolute atomic E-state index is 12.9. The lowest BCUT2D eigenvalue weighted by Gasteiger charge is -2.13. The second-order valence-corrected chi connectivity index (χ2v) is 6.88. The lowest BCUT2D eigenvalue weighted by molar-refractivity contribution is 0.0697. The fourth-order valence-electron chi connectivity index (χ4n) is 3.75. The fourth-order valence-corrected chi connectivity index (χ4v) is 3.75. The molecule has 1 heterocycles. The Morgan fingerprint density at radius 2 is 1.73 bits per heavy atom. The summed E-state index contributed by atoms with van der Waals surface area (Å²) < 4.78 is 22.2. The van der Waals surface area contributed by atoms with E-state index in [1.54, 1.807) is 21.3 Å². The zero-order valence-corrected chi connectivity index (χ0v) is 16.8. The van der Waals surface area contributed by atoms with Crippen LogP contribution in [-0.4, -0.2) is 32.4 Å². The molecule has 3 aromatic rings. The largest absolute Gasteiger partial charge is 0.493 e. The van der Waals surface area contributed by atoms with Crippen molar-refractivity contribution < 1.29 is 28.5 Å². The average molecular weight is 408 g/mol. The third-order valence-electron chi connectivity index (χ3n) is 5.20. The zero-order chi connectivity index (χ0) is 21.4. The molecular formula is C23H20O7. The molecule has 0 unspecified atom stereocenters. The first-order chi connectivity index (χ1) is 14.5. The molecule has 30 heavy (non-hydrogen) atoms. The van der Waals surface area contributed by atoms with Crippen LogP contribution < -0.4 is 19.6 Å². The zero-order valence-electron chi connectivity index (χ0n) is 16.8. The van der Waals surface area contributed by atoms with Crippen molar-refractivity contribution in [3.63, 3.8) is 0 Å². The summed E-state index contributed by atoms with van der Waals surface area (Å²) in [6, 6.07) is 7.97. The van der Waals surface area contributed by atoms with Crippen molar-refractivity contribution in [2.24, 2.45) is 0 Å². The van der Waals surface area contributed by atoms with Crippen LogP contribution in [-0.2, 0) is 6.42 Å². The average Bonchev–Trinajstić information content (AvgIpc) is 3.15. The van der Waals surface area contributed by atoms with Gasteiger partial charge in [0.05, 0.1) is 32.3 Å². The predicted molar refractivity (Wildman–Crippen MR) is 112 cm³/mol. The number of carbonyl (C=O) groups is 1. The summed E-state index contributed by atoms with van der Waals surface area (Å²) in [6.07, 6.45) is 3.09. The normalized spacial score (nSPS) is 14.0. The summed E-state index contributed by atoms with van der Waals surface area (Å²) >= 11 is 0. The van der Waals surface area contributed by atoms with Crippen LogP contribution in [0.5, 0.6) is 17.2 Å². The molecule has 0 radical (unpaired) electrons. The minimum atomic E-state index is -1.08. The number of ether oxygens (including phenoxy) is 3. The fraction of sp³-hybridized carbons (Fsp3) is 0.217. The molecule has 0 saturated carbocycles. The van der Waals surface area contributed by atoms with Crippen molar-refractivity contribution in [1.82, 2.24) is 0 Å². The van der Waals surface area contributed by atoms with Gasteiger partial charge in [0.2, 0.25) is 5.75 Å². The molecule has 1 aliphatic rings. The molecule has 2 aromatic carbocycles. The van der Waals surface area contributed by atoms with Gasteiger partial charge in [-0.25, -0.2) is 4.79 Å². The Labute approximate surface area is 172 Å². The molecule has 0 spiro atoms. The van der Waals surface area contributed by atoms with Crippen LogP contribution in [0.25, 0.3) is 22.6 Å². The van der Waals surface area contributed by atoms with Crippen molar-refractivity contribution in [2.45, 2.75) is 12.8 Å². The van der Waals surface area contributed by atoms with Gasteiger partial charge in [0, 0.05) is 5.56 Å². The SMILES string of the molecule is COc1cc(C=C2CCc3c2oc2ccc(C(=O)O)cc2c3=O)cc(OC)c1OC. The summed E-state index contributed by atoms with van der Waals surface area (Å²) in [5, 5.41) is 9.47. The molecule has 1 aliphatic carbocycles.